The summed E-state index contributed by atoms with van der Waals surface area (Å²) in [4.78, 5) is 113. The summed E-state index contributed by atoms with van der Waals surface area (Å²) in [5, 5.41) is 20.4. The minimum Gasteiger partial charge on any atom is -0.456 e. The van der Waals surface area contributed by atoms with Gasteiger partial charge in [-0.2, -0.15) is 0 Å². The second-order valence-electron chi connectivity index (χ2n) is 18.4. The van der Waals surface area contributed by atoms with Crippen molar-refractivity contribution in [2.24, 2.45) is 17.8 Å². The SMILES string of the molecule is C/C=C(\C)[C@H]1OC(=O)[C@@H](C)NC(=O)[C@H]([C@H](C)CC)NC(=O)CN(C)C(=O)[C@@H](Cc2ccc(Cl)cc2)N(C)C(=O)[C@H](C)NC(=O)[C@@H](CC(C)C)OC(=O)/C(C)=C\C[C@H](OC(=O)NCCCCCO)[C@@H]1C. The van der Waals surface area contributed by atoms with Crippen LogP contribution in [0.2, 0.25) is 5.02 Å². The van der Waals surface area contributed by atoms with E-state index in [1.165, 1.54) is 45.8 Å². The fourth-order valence-electron chi connectivity index (χ4n) is 7.48. The van der Waals surface area contributed by atoms with E-state index in [1.807, 2.05) is 20.8 Å². The van der Waals surface area contributed by atoms with Crippen molar-refractivity contribution in [1.82, 2.24) is 31.1 Å². The van der Waals surface area contributed by atoms with Gasteiger partial charge in [0.25, 0.3) is 5.91 Å². The highest BCUT2D eigenvalue weighted by Gasteiger charge is 2.37. The Hall–Kier alpha value is -5.49. The zero-order valence-corrected chi connectivity index (χ0v) is 43.3. The van der Waals surface area contributed by atoms with Crippen molar-refractivity contribution in [2.75, 3.05) is 33.8 Å². The number of rotatable bonds is 13. The van der Waals surface area contributed by atoms with E-state index in [9.17, 15) is 38.4 Å². The number of esters is 2. The highest BCUT2D eigenvalue weighted by atomic mass is 35.5. The van der Waals surface area contributed by atoms with Gasteiger partial charge in [0, 0.05) is 56.6 Å². The second-order valence-corrected chi connectivity index (χ2v) is 18.9. The lowest BCUT2D eigenvalue weighted by Gasteiger charge is -2.33. The van der Waals surface area contributed by atoms with Gasteiger partial charge in [0.15, 0.2) is 6.10 Å². The third kappa shape index (κ3) is 19.4. The van der Waals surface area contributed by atoms with E-state index in [2.05, 4.69) is 21.3 Å². The second kappa shape index (κ2) is 29.5. The lowest BCUT2D eigenvalue weighted by molar-refractivity contribution is -0.155. The maximum Gasteiger partial charge on any atom is 0.407 e. The molecule has 0 bridgehead atoms. The number of allylic oxidation sites excluding steroid dienone is 1. The van der Waals surface area contributed by atoms with Crippen molar-refractivity contribution in [3.8, 4) is 0 Å². The van der Waals surface area contributed by atoms with E-state index < -0.39 is 108 Å². The van der Waals surface area contributed by atoms with Crippen molar-refractivity contribution < 1.29 is 57.7 Å². The normalized spacial score (nSPS) is 26.2. The van der Waals surface area contributed by atoms with E-state index in [1.54, 1.807) is 58.0 Å². The summed E-state index contributed by atoms with van der Waals surface area (Å²) < 4.78 is 17.8. The summed E-state index contributed by atoms with van der Waals surface area (Å²) in [7, 11) is 2.80. The minimum atomic E-state index is -1.33. The molecule has 0 fully saturated rings. The molecule has 0 radical (unpaired) electrons. The number of carbonyl (C=O) groups is 8. The molecule has 1 aromatic carbocycles. The number of hydrogen-bond donors (Lipinski definition) is 5. The number of cyclic esters (lactones) is 2. The number of benzene rings is 1. The van der Waals surface area contributed by atoms with Crippen LogP contribution in [0.15, 0.2) is 47.6 Å². The molecule has 1 heterocycles. The highest BCUT2D eigenvalue weighted by molar-refractivity contribution is 6.30. The summed E-state index contributed by atoms with van der Waals surface area (Å²) >= 11 is 6.14. The number of nitrogens with one attached hydrogen (secondary N) is 4. The number of amides is 6. The molecule has 0 aliphatic carbocycles. The molecule has 0 unspecified atom stereocenters. The summed E-state index contributed by atoms with van der Waals surface area (Å²) in [5.74, 6) is -6.33. The molecule has 386 valence electrons. The van der Waals surface area contributed by atoms with Crippen LogP contribution in [0.4, 0.5) is 4.79 Å². The molecule has 0 saturated heterocycles. The maximum absolute atomic E-state index is 14.3. The molecule has 0 aromatic heterocycles. The third-order valence-corrected chi connectivity index (χ3v) is 12.5. The quantitative estimate of drug-likeness (QED) is 0.0777. The average Bonchev–Trinajstić information content (AvgIpc) is 3.30. The van der Waals surface area contributed by atoms with Crippen LogP contribution in [0.1, 0.15) is 113 Å². The van der Waals surface area contributed by atoms with Crippen LogP contribution in [0.3, 0.4) is 0 Å². The first-order valence-electron chi connectivity index (χ1n) is 23.9. The third-order valence-electron chi connectivity index (χ3n) is 12.2. The number of unbranched alkanes of at least 4 members (excludes halogenated alkanes) is 2. The van der Waals surface area contributed by atoms with Crippen LogP contribution in [0, 0.1) is 17.8 Å². The van der Waals surface area contributed by atoms with Crippen molar-refractivity contribution in [3.63, 3.8) is 0 Å². The fraction of sp³-hybridized carbons (Fsp3) is 0.640. The van der Waals surface area contributed by atoms with Crippen LogP contribution >= 0.6 is 11.6 Å². The number of aliphatic hydroxyl groups is 1. The summed E-state index contributed by atoms with van der Waals surface area (Å²) in [6.07, 6.45) is 1.46. The molecule has 69 heavy (non-hydrogen) atoms. The van der Waals surface area contributed by atoms with Gasteiger partial charge in [0.1, 0.15) is 36.4 Å². The summed E-state index contributed by atoms with van der Waals surface area (Å²) in [5.41, 5.74) is 1.32. The number of ether oxygens (including phenoxy) is 3. The van der Waals surface area contributed by atoms with Gasteiger partial charge < -0.3 is 50.4 Å². The van der Waals surface area contributed by atoms with Crippen LogP contribution in [-0.2, 0) is 54.2 Å². The maximum atomic E-state index is 14.3. The fourth-order valence-corrected chi connectivity index (χ4v) is 7.61. The van der Waals surface area contributed by atoms with Gasteiger partial charge in [-0.25, -0.2) is 14.4 Å². The minimum absolute atomic E-state index is 0.00512. The van der Waals surface area contributed by atoms with Gasteiger partial charge in [-0.05, 0) is 95.4 Å². The smallest absolute Gasteiger partial charge is 0.407 e. The first kappa shape index (κ1) is 59.6. The van der Waals surface area contributed by atoms with Crippen LogP contribution in [-0.4, -0.2) is 139 Å². The number of halogens is 1. The van der Waals surface area contributed by atoms with E-state index in [0.29, 0.717) is 41.8 Å². The highest BCUT2D eigenvalue weighted by Crippen LogP contribution is 2.26. The Morgan fingerprint density at radius 1 is 0.928 bits per heavy atom. The first-order valence-corrected chi connectivity index (χ1v) is 24.3. The van der Waals surface area contributed by atoms with Gasteiger partial charge in [0.05, 0.1) is 6.54 Å². The Kier molecular flexibility index (Phi) is 25.5. The molecular formula is C50H77ClN6O12. The van der Waals surface area contributed by atoms with E-state index >= 15 is 0 Å². The Morgan fingerprint density at radius 2 is 1.57 bits per heavy atom. The number of alkyl carbamates (subject to hydrolysis) is 1. The van der Waals surface area contributed by atoms with E-state index in [4.69, 9.17) is 30.9 Å². The molecule has 19 heteroatoms. The van der Waals surface area contributed by atoms with Gasteiger partial charge in [-0.15, -0.1) is 0 Å². The van der Waals surface area contributed by atoms with Crippen LogP contribution in [0.25, 0.3) is 0 Å². The lowest BCUT2D eigenvalue weighted by Crippen LogP contribution is -2.57. The molecular weight excluding hydrogens is 912 g/mol. The predicted octanol–water partition coefficient (Wildman–Crippen LogP) is 4.79. The van der Waals surface area contributed by atoms with Gasteiger partial charge in [0.2, 0.25) is 23.6 Å². The number of aliphatic hydroxyl groups excluding tert-OH is 1. The average molecular weight is 990 g/mol. The number of likely N-dealkylation sites (N-methyl/N-ethyl adjacent to an activating group) is 2. The van der Waals surface area contributed by atoms with Crippen molar-refractivity contribution in [3.05, 3.63) is 58.1 Å². The number of hydrogen-bond acceptors (Lipinski definition) is 12. The van der Waals surface area contributed by atoms with E-state index in [-0.39, 0.29) is 43.9 Å². The number of carbonyl (C=O) groups excluding carboxylic acids is 8. The molecule has 5 N–H and O–H groups in total. The van der Waals surface area contributed by atoms with E-state index in [0.717, 1.165) is 4.90 Å². The molecule has 9 atom stereocenters. The Balaban J connectivity index is 2.71. The van der Waals surface area contributed by atoms with Gasteiger partial charge in [-0.3, -0.25) is 24.0 Å². The topological polar surface area (TPSA) is 239 Å². The summed E-state index contributed by atoms with van der Waals surface area (Å²) in [6, 6.07) is 1.93. The molecule has 18 nitrogen and oxygen atoms in total. The molecule has 1 aliphatic heterocycles. The standard InChI is InChI=1S/C50H77ClN6O12/c1-13-30(5)42-45(61)54-35(10)49(65)69-43(31(6)14-2)33(8)39(68-50(66)52-24-16-15-17-25-58)23-18-32(7)48(64)67-40(26-29(3)4)44(60)53-34(9)46(62)57(12)38(27-36-19-21-37(51)22-20-36)47(63)56(11)28-41(59)55-42/h14,18-22,29-30,33-35,38-40,42-43,58H,13,15-17,23-28H2,1-12H3,(H,52,66)(H,53,60)(H,54,61)(H,55,59)/b31-14+,32-18-/t30-,33+,34+,35-,38-,39+,40-,42+,43-/m1/s1. The Morgan fingerprint density at radius 3 is 2.16 bits per heavy atom. The Bertz CT molecular complexity index is 1980. The van der Waals surface area contributed by atoms with Crippen LogP contribution < -0.4 is 21.3 Å². The van der Waals surface area contributed by atoms with Gasteiger partial charge >= 0.3 is 18.0 Å². The van der Waals surface area contributed by atoms with Crippen molar-refractivity contribution >= 4 is 59.2 Å². The lowest BCUT2D eigenvalue weighted by atomic mass is 9.90. The number of nitrogens with zero attached hydrogens (tertiary/aromatic N) is 2. The molecule has 6 amide bonds. The molecule has 0 saturated carbocycles. The zero-order valence-electron chi connectivity index (χ0n) is 42.5. The van der Waals surface area contributed by atoms with Crippen molar-refractivity contribution in [1.29, 1.82) is 0 Å². The Labute approximate surface area is 413 Å². The van der Waals surface area contributed by atoms with Crippen LogP contribution in [0.5, 0.6) is 0 Å². The van der Waals surface area contributed by atoms with Gasteiger partial charge in [-0.1, -0.05) is 76.9 Å². The first-order chi connectivity index (χ1) is 32.4. The zero-order chi connectivity index (χ0) is 52.1. The predicted molar refractivity (Wildman–Crippen MR) is 261 cm³/mol. The molecule has 0 spiro atoms. The monoisotopic (exact) mass is 989 g/mol. The molecule has 2 rings (SSSR count). The van der Waals surface area contributed by atoms with Crippen molar-refractivity contribution in [2.45, 2.75) is 157 Å². The largest absolute Gasteiger partial charge is 0.456 e. The molecule has 1 aromatic rings. The molecule has 1 aliphatic rings. The summed E-state index contributed by atoms with van der Waals surface area (Å²) in [6.45, 7) is 16.6.